The number of primary amides is 1. The lowest BCUT2D eigenvalue weighted by molar-refractivity contribution is -0.118. The molecule has 1 aromatic heterocycles. The normalized spacial score (nSPS) is 10.1. The fourth-order valence-electron chi connectivity index (χ4n) is 1.22. The van der Waals surface area contributed by atoms with E-state index in [4.69, 9.17) is 5.73 Å². The van der Waals surface area contributed by atoms with Crippen LogP contribution in [0.4, 0.5) is 0 Å². The molecule has 1 aromatic rings. The summed E-state index contributed by atoms with van der Waals surface area (Å²) in [5.74, 6) is -0.454. The minimum absolute atomic E-state index is 0.148. The number of hydrogen-bond acceptors (Lipinski definition) is 2. The summed E-state index contributed by atoms with van der Waals surface area (Å²) in [5.41, 5.74) is 5.51. The Kier molecular flexibility index (Phi) is 5.04. The second kappa shape index (κ2) is 6.32. The predicted octanol–water partition coefficient (Wildman–Crippen LogP) is 1.16. The first-order chi connectivity index (χ1) is 7.59. The largest absolute Gasteiger partial charge is 0.370 e. The number of unbranched alkanes of at least 4 members (excludes halogenated alkanes) is 1. The predicted molar refractivity (Wildman–Crippen MR) is 63.9 cm³/mol. The van der Waals surface area contributed by atoms with Crippen LogP contribution in [0.3, 0.4) is 0 Å². The molecule has 1 rings (SSSR count). The van der Waals surface area contributed by atoms with Crippen LogP contribution in [-0.4, -0.2) is 23.3 Å². The van der Waals surface area contributed by atoms with Gasteiger partial charge < -0.3 is 16.0 Å². The van der Waals surface area contributed by atoms with E-state index in [0.29, 0.717) is 25.1 Å². The highest BCUT2D eigenvalue weighted by Crippen LogP contribution is 2.10. The lowest BCUT2D eigenvalue weighted by Gasteiger charge is -2.02. The minimum atomic E-state index is -0.306. The van der Waals surface area contributed by atoms with E-state index in [1.807, 2.05) is 0 Å². The van der Waals surface area contributed by atoms with Gasteiger partial charge in [-0.2, -0.15) is 0 Å². The van der Waals surface area contributed by atoms with Crippen LogP contribution in [0.15, 0.2) is 16.7 Å². The minimum Gasteiger partial charge on any atom is -0.370 e. The lowest BCUT2D eigenvalue weighted by Crippen LogP contribution is -2.25. The maximum atomic E-state index is 11.5. The number of carbonyl (C=O) groups is 2. The van der Waals surface area contributed by atoms with Crippen LogP contribution in [-0.2, 0) is 4.79 Å². The van der Waals surface area contributed by atoms with Gasteiger partial charge in [0.05, 0.1) is 0 Å². The molecule has 88 valence electrons. The van der Waals surface area contributed by atoms with Gasteiger partial charge in [0.1, 0.15) is 5.69 Å². The molecule has 0 saturated heterocycles. The monoisotopic (exact) mass is 287 g/mol. The van der Waals surface area contributed by atoms with Crippen LogP contribution in [0.5, 0.6) is 0 Å². The Hall–Kier alpha value is -1.30. The number of nitrogens with two attached hydrogens (primary N) is 1. The quantitative estimate of drug-likeness (QED) is 0.686. The van der Waals surface area contributed by atoms with Crippen molar-refractivity contribution in [2.45, 2.75) is 19.3 Å². The Balaban J connectivity index is 2.18. The van der Waals surface area contributed by atoms with Gasteiger partial charge in [-0.3, -0.25) is 9.59 Å². The highest BCUT2D eigenvalue weighted by atomic mass is 79.9. The first-order valence-corrected chi connectivity index (χ1v) is 5.79. The fourth-order valence-corrected chi connectivity index (χ4v) is 1.56. The van der Waals surface area contributed by atoms with E-state index in [1.165, 1.54) is 0 Å². The summed E-state index contributed by atoms with van der Waals surface area (Å²) in [6.07, 6.45) is 3.51. The first-order valence-electron chi connectivity index (χ1n) is 5.00. The molecule has 5 nitrogen and oxygen atoms in total. The molecular formula is C10H14BrN3O2. The Bertz CT molecular complexity index is 376. The van der Waals surface area contributed by atoms with Gasteiger partial charge in [0, 0.05) is 23.6 Å². The van der Waals surface area contributed by atoms with Crippen molar-refractivity contribution in [2.24, 2.45) is 5.73 Å². The smallest absolute Gasteiger partial charge is 0.267 e. The maximum Gasteiger partial charge on any atom is 0.267 e. The molecule has 4 N–H and O–H groups in total. The number of hydrogen-bond donors (Lipinski definition) is 3. The number of rotatable bonds is 6. The van der Waals surface area contributed by atoms with Crippen molar-refractivity contribution in [2.75, 3.05) is 6.54 Å². The summed E-state index contributed by atoms with van der Waals surface area (Å²) < 4.78 is 0.839. The summed E-state index contributed by atoms with van der Waals surface area (Å²) in [5, 5.41) is 2.74. The molecule has 0 aliphatic rings. The molecule has 0 aliphatic heterocycles. The molecule has 0 atom stereocenters. The zero-order chi connectivity index (χ0) is 12.0. The molecule has 0 bridgehead atoms. The molecule has 1 heterocycles. The molecular weight excluding hydrogens is 274 g/mol. The van der Waals surface area contributed by atoms with Gasteiger partial charge in [-0.25, -0.2) is 0 Å². The molecule has 6 heteroatoms. The second-order valence-corrected chi connectivity index (χ2v) is 4.33. The van der Waals surface area contributed by atoms with Gasteiger partial charge in [0.15, 0.2) is 0 Å². The molecule has 0 spiro atoms. The van der Waals surface area contributed by atoms with Crippen LogP contribution in [0, 0.1) is 0 Å². The Morgan fingerprint density at radius 1 is 1.44 bits per heavy atom. The Labute approximate surface area is 102 Å². The molecule has 0 fully saturated rings. The summed E-state index contributed by atoms with van der Waals surface area (Å²) in [4.78, 5) is 24.8. The number of nitrogens with one attached hydrogen (secondary N) is 2. The first kappa shape index (κ1) is 12.8. The SMILES string of the molecule is NC(=O)CCCCNC(=O)c1cc(Br)c[nH]1. The third-order valence-corrected chi connectivity index (χ3v) is 2.49. The van der Waals surface area contributed by atoms with Crippen molar-refractivity contribution < 1.29 is 9.59 Å². The van der Waals surface area contributed by atoms with Crippen LogP contribution < -0.4 is 11.1 Å². The van der Waals surface area contributed by atoms with E-state index in [-0.39, 0.29) is 11.8 Å². The highest BCUT2D eigenvalue weighted by molar-refractivity contribution is 9.10. The van der Waals surface area contributed by atoms with Gasteiger partial charge in [-0.15, -0.1) is 0 Å². The van der Waals surface area contributed by atoms with E-state index in [1.54, 1.807) is 12.3 Å². The van der Waals surface area contributed by atoms with Crippen molar-refractivity contribution in [3.05, 3.63) is 22.4 Å². The summed E-state index contributed by atoms with van der Waals surface area (Å²) in [6, 6.07) is 1.71. The average molecular weight is 288 g/mol. The van der Waals surface area contributed by atoms with Crippen molar-refractivity contribution in [1.29, 1.82) is 0 Å². The summed E-state index contributed by atoms with van der Waals surface area (Å²) in [7, 11) is 0. The van der Waals surface area contributed by atoms with Crippen LogP contribution in [0.2, 0.25) is 0 Å². The van der Waals surface area contributed by atoms with Gasteiger partial charge in [-0.05, 0) is 34.8 Å². The molecule has 0 unspecified atom stereocenters. The summed E-state index contributed by atoms with van der Waals surface area (Å²) in [6.45, 7) is 0.544. The number of aromatic nitrogens is 1. The van der Waals surface area contributed by atoms with Crippen LogP contribution in [0.25, 0.3) is 0 Å². The van der Waals surface area contributed by atoms with E-state index in [0.717, 1.165) is 10.9 Å². The van der Waals surface area contributed by atoms with E-state index < -0.39 is 0 Å². The zero-order valence-corrected chi connectivity index (χ0v) is 10.3. The van der Waals surface area contributed by atoms with Crippen molar-refractivity contribution in [1.82, 2.24) is 10.3 Å². The molecule has 0 aliphatic carbocycles. The standard InChI is InChI=1S/C10H14BrN3O2/c11-7-5-8(14-6-7)10(16)13-4-2-1-3-9(12)15/h5-6,14H,1-4H2,(H2,12,15)(H,13,16). The second-order valence-electron chi connectivity index (χ2n) is 3.41. The third kappa shape index (κ3) is 4.48. The third-order valence-electron chi connectivity index (χ3n) is 2.03. The highest BCUT2D eigenvalue weighted by Gasteiger charge is 2.06. The fraction of sp³-hybridized carbons (Fsp3) is 0.400. The average Bonchev–Trinajstić information content (AvgIpc) is 2.63. The molecule has 16 heavy (non-hydrogen) atoms. The van der Waals surface area contributed by atoms with E-state index in [9.17, 15) is 9.59 Å². The van der Waals surface area contributed by atoms with Crippen molar-refractivity contribution >= 4 is 27.7 Å². The molecule has 2 amide bonds. The molecule has 0 aromatic carbocycles. The van der Waals surface area contributed by atoms with Gasteiger partial charge >= 0.3 is 0 Å². The van der Waals surface area contributed by atoms with Crippen LogP contribution in [0.1, 0.15) is 29.8 Å². The number of aromatic amines is 1. The topological polar surface area (TPSA) is 88.0 Å². The Morgan fingerprint density at radius 2 is 2.19 bits per heavy atom. The zero-order valence-electron chi connectivity index (χ0n) is 8.75. The van der Waals surface area contributed by atoms with Crippen molar-refractivity contribution in [3.63, 3.8) is 0 Å². The van der Waals surface area contributed by atoms with Crippen molar-refractivity contribution in [3.8, 4) is 0 Å². The number of carbonyl (C=O) groups excluding carboxylic acids is 2. The molecule has 0 saturated carbocycles. The number of amides is 2. The van der Waals surface area contributed by atoms with Crippen LogP contribution >= 0.6 is 15.9 Å². The van der Waals surface area contributed by atoms with E-state index in [2.05, 4.69) is 26.2 Å². The summed E-state index contributed by atoms with van der Waals surface area (Å²) >= 11 is 3.25. The maximum absolute atomic E-state index is 11.5. The van der Waals surface area contributed by atoms with Gasteiger partial charge in [-0.1, -0.05) is 0 Å². The molecule has 0 radical (unpaired) electrons. The van der Waals surface area contributed by atoms with Gasteiger partial charge in [0.25, 0.3) is 5.91 Å². The number of halogens is 1. The Morgan fingerprint density at radius 3 is 2.75 bits per heavy atom. The van der Waals surface area contributed by atoms with E-state index >= 15 is 0 Å². The number of H-pyrrole nitrogens is 1. The lowest BCUT2D eigenvalue weighted by atomic mass is 10.2. The van der Waals surface area contributed by atoms with Gasteiger partial charge in [0.2, 0.25) is 5.91 Å².